The quantitative estimate of drug-likeness (QED) is 0.735. The van der Waals surface area contributed by atoms with Gasteiger partial charge in [0, 0.05) is 10.6 Å². The van der Waals surface area contributed by atoms with Crippen molar-refractivity contribution in [2.24, 2.45) is 0 Å². The monoisotopic (exact) mass is 427 g/mol. The summed E-state index contributed by atoms with van der Waals surface area (Å²) in [4.78, 5) is 39.6. The highest BCUT2D eigenvalue weighted by Gasteiger charge is 2.49. The van der Waals surface area contributed by atoms with E-state index in [0.29, 0.717) is 22.6 Å². The summed E-state index contributed by atoms with van der Waals surface area (Å²) in [5.74, 6) is -0.566. The van der Waals surface area contributed by atoms with Gasteiger partial charge >= 0.3 is 6.03 Å². The Hall–Kier alpha value is -2.87. The van der Waals surface area contributed by atoms with Crippen molar-refractivity contribution < 1.29 is 18.8 Å². The molecule has 0 radical (unpaired) electrons. The summed E-state index contributed by atoms with van der Waals surface area (Å²) in [5.41, 5.74) is 1.20. The van der Waals surface area contributed by atoms with Gasteiger partial charge in [-0.2, -0.15) is 0 Å². The summed E-state index contributed by atoms with van der Waals surface area (Å²) in [6, 6.07) is 11.2. The Labute approximate surface area is 178 Å². The Bertz CT molecular complexity index is 1030. The maximum absolute atomic E-state index is 14.0. The van der Waals surface area contributed by atoms with E-state index in [1.54, 1.807) is 31.2 Å². The molecule has 156 valence electrons. The Morgan fingerprint density at radius 3 is 2.73 bits per heavy atom. The fourth-order valence-electron chi connectivity index (χ4n) is 3.84. The Morgan fingerprint density at radius 1 is 1.27 bits per heavy atom. The number of amides is 4. The molecular formula is C22H22FN3O3S. The fraction of sp³-hybridized carbons (Fsp3) is 0.318. The molecule has 4 rings (SSSR count). The predicted octanol–water partition coefficient (Wildman–Crippen LogP) is 3.25. The first-order chi connectivity index (χ1) is 14.3. The number of thioether (sulfide) groups is 1. The lowest BCUT2D eigenvalue weighted by Gasteiger charge is -2.27. The molecule has 4 amide bonds. The van der Waals surface area contributed by atoms with Crippen LogP contribution in [0.1, 0.15) is 36.1 Å². The molecule has 8 heteroatoms. The third-order valence-corrected chi connectivity index (χ3v) is 6.73. The van der Waals surface area contributed by atoms with E-state index in [0.717, 1.165) is 16.0 Å². The Kier molecular flexibility index (Phi) is 5.27. The van der Waals surface area contributed by atoms with Gasteiger partial charge in [-0.3, -0.25) is 14.5 Å². The minimum absolute atomic E-state index is 0.306. The zero-order valence-electron chi connectivity index (χ0n) is 16.7. The number of hydrogen-bond donors (Lipinski definition) is 2. The number of benzene rings is 2. The number of carbonyl (C=O) groups excluding carboxylic acids is 3. The predicted molar refractivity (Wildman–Crippen MR) is 111 cm³/mol. The molecule has 1 saturated heterocycles. The van der Waals surface area contributed by atoms with Crippen LogP contribution in [0.4, 0.5) is 9.18 Å². The summed E-state index contributed by atoms with van der Waals surface area (Å²) < 4.78 is 14.0. The number of aryl methyl sites for hydroxylation is 1. The minimum Gasteiger partial charge on any atom is -0.348 e. The highest BCUT2D eigenvalue weighted by atomic mass is 32.2. The van der Waals surface area contributed by atoms with Crippen molar-refractivity contribution in [1.29, 1.82) is 0 Å². The molecule has 6 nitrogen and oxygen atoms in total. The molecule has 1 fully saturated rings. The van der Waals surface area contributed by atoms with Crippen LogP contribution in [-0.4, -0.2) is 35.0 Å². The van der Waals surface area contributed by atoms with E-state index >= 15 is 0 Å². The number of nitrogens with one attached hydrogen (secondary N) is 2. The van der Waals surface area contributed by atoms with Crippen molar-refractivity contribution in [1.82, 2.24) is 15.5 Å². The topological polar surface area (TPSA) is 78.5 Å². The molecule has 0 saturated carbocycles. The molecule has 0 spiro atoms. The normalized spacial score (nSPS) is 23.2. The number of nitrogens with zero attached hydrogens (tertiary/aromatic N) is 1. The van der Waals surface area contributed by atoms with Crippen molar-refractivity contribution in [3.8, 4) is 0 Å². The Morgan fingerprint density at radius 2 is 2.00 bits per heavy atom. The first-order valence-corrected chi connectivity index (χ1v) is 10.7. The second-order valence-electron chi connectivity index (χ2n) is 7.73. The number of carbonyl (C=O) groups is 3. The number of halogens is 1. The summed E-state index contributed by atoms with van der Waals surface area (Å²) in [6.45, 7) is 3.18. The molecule has 2 heterocycles. The van der Waals surface area contributed by atoms with Crippen LogP contribution in [0.15, 0.2) is 47.4 Å². The lowest BCUT2D eigenvalue weighted by molar-refractivity contribution is -0.135. The van der Waals surface area contributed by atoms with Gasteiger partial charge in [0.1, 0.15) is 17.9 Å². The largest absolute Gasteiger partial charge is 0.348 e. The molecule has 2 N–H and O–H groups in total. The van der Waals surface area contributed by atoms with Crippen molar-refractivity contribution >= 4 is 29.6 Å². The van der Waals surface area contributed by atoms with Gasteiger partial charge in [0.25, 0.3) is 5.91 Å². The number of fused-ring (bicyclic) bond motifs is 1. The van der Waals surface area contributed by atoms with Crippen LogP contribution < -0.4 is 10.6 Å². The molecule has 2 unspecified atom stereocenters. The summed E-state index contributed by atoms with van der Waals surface area (Å²) in [6.07, 6.45) is 0.647. The summed E-state index contributed by atoms with van der Waals surface area (Å²) in [5, 5.41) is 5.55. The number of rotatable bonds is 4. The van der Waals surface area contributed by atoms with Crippen LogP contribution in [-0.2, 0) is 15.1 Å². The first-order valence-electron chi connectivity index (χ1n) is 9.71. The van der Waals surface area contributed by atoms with E-state index in [9.17, 15) is 18.8 Å². The fourth-order valence-corrected chi connectivity index (χ4v) is 4.98. The molecule has 0 aromatic heterocycles. The van der Waals surface area contributed by atoms with E-state index in [1.165, 1.54) is 17.8 Å². The molecular weight excluding hydrogens is 405 g/mol. The molecule has 2 aromatic carbocycles. The van der Waals surface area contributed by atoms with Crippen LogP contribution in [0.2, 0.25) is 0 Å². The lowest BCUT2D eigenvalue weighted by Crippen LogP contribution is -2.44. The molecule has 0 aliphatic carbocycles. The van der Waals surface area contributed by atoms with E-state index in [-0.39, 0.29) is 18.4 Å². The number of hydrogen-bond acceptors (Lipinski definition) is 4. The van der Waals surface area contributed by atoms with Gasteiger partial charge in [-0.15, -0.1) is 11.8 Å². The van der Waals surface area contributed by atoms with Crippen molar-refractivity contribution in [2.45, 2.75) is 36.7 Å². The number of urea groups is 1. The van der Waals surface area contributed by atoms with Crippen LogP contribution >= 0.6 is 11.8 Å². The summed E-state index contributed by atoms with van der Waals surface area (Å²) >= 11 is 1.42. The standard InChI is InChI=1S/C22H22FN3O3S/c1-13-6-8-14(9-7-13)22(2)20(28)26(21(29)25-22)12-18(27)24-17-10-11-30-19-15(17)4-3-5-16(19)23/h3-9,17H,10-12H2,1-2H3,(H,24,27)(H,25,29). The maximum atomic E-state index is 14.0. The van der Waals surface area contributed by atoms with Crippen LogP contribution in [0.5, 0.6) is 0 Å². The van der Waals surface area contributed by atoms with Gasteiger partial charge in [0.2, 0.25) is 5.91 Å². The maximum Gasteiger partial charge on any atom is 0.325 e. The average molecular weight is 428 g/mol. The smallest absolute Gasteiger partial charge is 0.325 e. The molecule has 2 aliphatic rings. The van der Waals surface area contributed by atoms with E-state index in [2.05, 4.69) is 10.6 Å². The second kappa shape index (κ2) is 7.75. The number of imide groups is 1. The zero-order chi connectivity index (χ0) is 21.5. The van der Waals surface area contributed by atoms with Crippen LogP contribution in [0, 0.1) is 12.7 Å². The molecule has 2 aromatic rings. The van der Waals surface area contributed by atoms with Gasteiger partial charge in [-0.25, -0.2) is 9.18 Å². The lowest BCUT2D eigenvalue weighted by atomic mass is 9.91. The van der Waals surface area contributed by atoms with Crippen molar-refractivity contribution in [3.63, 3.8) is 0 Å². The highest BCUT2D eigenvalue weighted by Crippen LogP contribution is 2.37. The third-order valence-electron chi connectivity index (χ3n) is 5.57. The first kappa shape index (κ1) is 20.4. The van der Waals surface area contributed by atoms with Gasteiger partial charge in [-0.1, -0.05) is 42.0 Å². The Balaban J connectivity index is 1.48. The van der Waals surface area contributed by atoms with Gasteiger partial charge in [-0.05, 0) is 37.5 Å². The van der Waals surface area contributed by atoms with E-state index in [1.807, 2.05) is 19.1 Å². The zero-order valence-corrected chi connectivity index (χ0v) is 17.5. The molecule has 0 bridgehead atoms. The average Bonchev–Trinajstić information content (AvgIpc) is 2.93. The summed E-state index contributed by atoms with van der Waals surface area (Å²) in [7, 11) is 0. The van der Waals surface area contributed by atoms with Crippen molar-refractivity contribution in [3.05, 3.63) is 65.0 Å². The van der Waals surface area contributed by atoms with Crippen molar-refractivity contribution in [2.75, 3.05) is 12.3 Å². The van der Waals surface area contributed by atoms with Crippen LogP contribution in [0.25, 0.3) is 0 Å². The van der Waals surface area contributed by atoms with Gasteiger partial charge < -0.3 is 10.6 Å². The van der Waals surface area contributed by atoms with Gasteiger partial charge in [0.05, 0.1) is 6.04 Å². The van der Waals surface area contributed by atoms with Gasteiger partial charge in [0.15, 0.2) is 0 Å². The van der Waals surface area contributed by atoms with E-state index < -0.39 is 23.4 Å². The minimum atomic E-state index is -1.22. The molecule has 30 heavy (non-hydrogen) atoms. The van der Waals surface area contributed by atoms with Crippen LogP contribution in [0.3, 0.4) is 0 Å². The van der Waals surface area contributed by atoms with E-state index in [4.69, 9.17) is 0 Å². The second-order valence-corrected chi connectivity index (χ2v) is 8.83. The molecule has 2 aliphatic heterocycles. The molecule has 2 atom stereocenters. The SMILES string of the molecule is Cc1ccc(C2(C)NC(=O)N(CC(=O)NC3CCSc4c(F)cccc43)C2=O)cc1. The highest BCUT2D eigenvalue weighted by molar-refractivity contribution is 7.99. The third kappa shape index (κ3) is 3.56.